The Labute approximate surface area is 182 Å². The van der Waals surface area contributed by atoms with Gasteiger partial charge in [-0.3, -0.25) is 9.79 Å². The molecule has 0 aliphatic carbocycles. The van der Waals surface area contributed by atoms with E-state index in [1.54, 1.807) is 13.2 Å². The molecule has 3 N–H and O–H groups in total. The fourth-order valence-electron chi connectivity index (χ4n) is 3.13. The van der Waals surface area contributed by atoms with E-state index in [9.17, 15) is 4.79 Å². The molecule has 1 aromatic heterocycles. The van der Waals surface area contributed by atoms with E-state index in [0.717, 1.165) is 16.8 Å². The Bertz CT molecular complexity index is 828. The molecule has 3 rings (SSSR count). The van der Waals surface area contributed by atoms with Crippen molar-refractivity contribution in [2.24, 2.45) is 4.99 Å². The zero-order chi connectivity index (χ0) is 19.1. The number of nitrogens with zero attached hydrogens (tertiary/aromatic N) is 2. The Morgan fingerprint density at radius 1 is 1.29 bits per heavy atom. The van der Waals surface area contributed by atoms with Gasteiger partial charge in [-0.25, -0.2) is 4.98 Å². The molecule has 1 unspecified atom stereocenters. The lowest BCUT2D eigenvalue weighted by molar-refractivity contribution is -0.116. The fourth-order valence-corrected chi connectivity index (χ4v) is 3.13. The van der Waals surface area contributed by atoms with Crippen molar-refractivity contribution in [3.8, 4) is 5.88 Å². The summed E-state index contributed by atoms with van der Waals surface area (Å²) in [7, 11) is 1.73. The van der Waals surface area contributed by atoms with Gasteiger partial charge in [-0.15, -0.1) is 24.0 Å². The van der Waals surface area contributed by atoms with Crippen molar-refractivity contribution in [2.45, 2.75) is 25.8 Å². The minimum atomic E-state index is 0. The Morgan fingerprint density at radius 3 is 2.89 bits per heavy atom. The predicted octanol–water partition coefficient (Wildman–Crippen LogP) is 2.89. The highest BCUT2D eigenvalue weighted by atomic mass is 127. The van der Waals surface area contributed by atoms with E-state index in [1.807, 2.05) is 37.3 Å². The number of para-hydroxylation sites is 1. The first-order valence-electron chi connectivity index (χ1n) is 9.11. The first-order chi connectivity index (χ1) is 13.2. The van der Waals surface area contributed by atoms with Gasteiger partial charge in [0.2, 0.25) is 11.8 Å². The third-order valence-corrected chi connectivity index (χ3v) is 4.42. The van der Waals surface area contributed by atoms with Gasteiger partial charge in [-0.1, -0.05) is 24.3 Å². The quantitative estimate of drug-likeness (QED) is 0.326. The number of carbonyl (C=O) groups excluding carboxylic acids is 1. The van der Waals surface area contributed by atoms with Gasteiger partial charge < -0.3 is 20.7 Å². The number of halogens is 1. The first-order valence-corrected chi connectivity index (χ1v) is 9.11. The number of guanidine groups is 1. The second-order valence-corrected chi connectivity index (χ2v) is 6.24. The van der Waals surface area contributed by atoms with E-state index in [-0.39, 0.29) is 35.8 Å². The monoisotopic (exact) mass is 495 g/mol. The minimum Gasteiger partial charge on any atom is -0.478 e. The summed E-state index contributed by atoms with van der Waals surface area (Å²) in [6, 6.07) is 11.8. The van der Waals surface area contributed by atoms with Crippen LogP contribution >= 0.6 is 24.0 Å². The van der Waals surface area contributed by atoms with Gasteiger partial charge >= 0.3 is 0 Å². The number of hydrogen-bond acceptors (Lipinski definition) is 4. The van der Waals surface area contributed by atoms with Crippen LogP contribution in [-0.4, -0.2) is 37.1 Å². The number of hydrogen-bond donors (Lipinski definition) is 3. The highest BCUT2D eigenvalue weighted by Crippen LogP contribution is 2.31. The average Bonchev–Trinajstić information content (AvgIpc) is 2.69. The molecular weight excluding hydrogens is 469 g/mol. The number of amides is 1. The zero-order valence-corrected chi connectivity index (χ0v) is 18.4. The molecule has 7 nitrogen and oxygen atoms in total. The lowest BCUT2D eigenvalue weighted by Crippen LogP contribution is -2.40. The van der Waals surface area contributed by atoms with Gasteiger partial charge in [0.05, 0.1) is 6.61 Å². The van der Waals surface area contributed by atoms with Gasteiger partial charge in [0.25, 0.3) is 0 Å². The van der Waals surface area contributed by atoms with Gasteiger partial charge in [-0.05, 0) is 24.6 Å². The van der Waals surface area contributed by atoms with E-state index < -0.39 is 0 Å². The van der Waals surface area contributed by atoms with Crippen LogP contribution in [0.3, 0.4) is 0 Å². The molecule has 2 aromatic rings. The van der Waals surface area contributed by atoms with E-state index >= 15 is 0 Å². The molecule has 0 bridgehead atoms. The highest BCUT2D eigenvalue weighted by Gasteiger charge is 2.24. The second-order valence-electron chi connectivity index (χ2n) is 6.24. The number of benzene rings is 1. The summed E-state index contributed by atoms with van der Waals surface area (Å²) in [4.78, 5) is 20.5. The molecule has 1 aliphatic heterocycles. The minimum absolute atomic E-state index is 0. The summed E-state index contributed by atoms with van der Waals surface area (Å²) >= 11 is 0. The maximum Gasteiger partial charge on any atom is 0.225 e. The van der Waals surface area contributed by atoms with Crippen LogP contribution in [0.1, 0.15) is 30.4 Å². The van der Waals surface area contributed by atoms with Crippen LogP contribution in [0, 0.1) is 0 Å². The molecule has 1 aliphatic rings. The molecule has 1 amide bonds. The van der Waals surface area contributed by atoms with Crippen molar-refractivity contribution in [3.05, 3.63) is 53.7 Å². The molecule has 0 spiro atoms. The molecule has 1 aromatic carbocycles. The summed E-state index contributed by atoms with van der Waals surface area (Å²) in [6.45, 7) is 3.67. The summed E-state index contributed by atoms with van der Waals surface area (Å²) in [5.41, 5.74) is 3.00. The van der Waals surface area contributed by atoms with Crippen molar-refractivity contribution < 1.29 is 9.53 Å². The first kappa shape index (κ1) is 21.9. The molecule has 2 heterocycles. The standard InChI is InChI=1S/C20H25N5O2.HI/c1-3-27-19-14(7-6-10-22-19)12-23-20(21-2)24-13-15-11-18(26)25-17-9-5-4-8-16(15)17;/h4-10,15H,3,11-13H2,1-2H3,(H,25,26)(H2,21,23,24);1H. The number of nitrogens with one attached hydrogen (secondary N) is 3. The van der Waals surface area contributed by atoms with Gasteiger partial charge in [-0.2, -0.15) is 0 Å². The molecule has 1 atom stereocenters. The lowest BCUT2D eigenvalue weighted by atomic mass is 9.90. The third kappa shape index (κ3) is 5.57. The molecule has 0 saturated carbocycles. The number of pyridine rings is 1. The number of anilines is 1. The van der Waals surface area contributed by atoms with E-state index in [1.165, 1.54) is 0 Å². The summed E-state index contributed by atoms with van der Waals surface area (Å²) < 4.78 is 5.55. The van der Waals surface area contributed by atoms with Crippen LogP contribution in [0.5, 0.6) is 5.88 Å². The van der Waals surface area contributed by atoms with Crippen molar-refractivity contribution in [1.29, 1.82) is 0 Å². The Morgan fingerprint density at radius 2 is 2.11 bits per heavy atom. The van der Waals surface area contributed by atoms with Crippen LogP contribution in [0.2, 0.25) is 0 Å². The maximum atomic E-state index is 12.0. The van der Waals surface area contributed by atoms with Crippen LogP contribution in [0.4, 0.5) is 5.69 Å². The number of fused-ring (bicyclic) bond motifs is 1. The van der Waals surface area contributed by atoms with Gasteiger partial charge in [0.15, 0.2) is 5.96 Å². The normalized spacial score (nSPS) is 15.7. The summed E-state index contributed by atoms with van der Waals surface area (Å²) in [6.07, 6.45) is 2.17. The SMILES string of the molecule is CCOc1ncccc1CNC(=NC)NCC1CC(=O)Nc2ccccc21.I. The topological polar surface area (TPSA) is 87.6 Å². The summed E-state index contributed by atoms with van der Waals surface area (Å²) in [5.74, 6) is 1.44. The van der Waals surface area contributed by atoms with E-state index in [0.29, 0.717) is 38.0 Å². The molecule has 28 heavy (non-hydrogen) atoms. The number of ether oxygens (including phenoxy) is 1. The third-order valence-electron chi connectivity index (χ3n) is 4.42. The Balaban J connectivity index is 0.00000280. The van der Waals surface area contributed by atoms with Crippen LogP contribution in [0.25, 0.3) is 0 Å². The van der Waals surface area contributed by atoms with Crippen molar-refractivity contribution >= 4 is 41.5 Å². The molecule has 0 radical (unpaired) electrons. The molecular formula is C20H26IN5O2. The molecule has 0 fully saturated rings. The van der Waals surface area contributed by atoms with E-state index in [4.69, 9.17) is 4.74 Å². The van der Waals surface area contributed by atoms with Crippen molar-refractivity contribution in [3.63, 3.8) is 0 Å². The number of rotatable bonds is 6. The van der Waals surface area contributed by atoms with Crippen LogP contribution in [-0.2, 0) is 11.3 Å². The number of carbonyl (C=O) groups is 1. The second kappa shape index (κ2) is 10.8. The van der Waals surface area contributed by atoms with Crippen molar-refractivity contribution in [1.82, 2.24) is 15.6 Å². The fraction of sp³-hybridized carbons (Fsp3) is 0.350. The molecule has 150 valence electrons. The molecule has 0 saturated heterocycles. The molecule has 8 heteroatoms. The van der Waals surface area contributed by atoms with Crippen molar-refractivity contribution in [2.75, 3.05) is 25.5 Å². The number of aliphatic imine (C=N–C) groups is 1. The number of aromatic nitrogens is 1. The van der Waals surface area contributed by atoms with Gasteiger partial charge in [0, 0.05) is 49.9 Å². The van der Waals surface area contributed by atoms with Crippen LogP contribution in [0.15, 0.2) is 47.6 Å². The highest BCUT2D eigenvalue weighted by molar-refractivity contribution is 14.0. The smallest absolute Gasteiger partial charge is 0.225 e. The maximum absolute atomic E-state index is 12.0. The predicted molar refractivity (Wildman–Crippen MR) is 121 cm³/mol. The van der Waals surface area contributed by atoms with Crippen LogP contribution < -0.4 is 20.7 Å². The summed E-state index contributed by atoms with van der Waals surface area (Å²) in [5, 5.41) is 9.52. The average molecular weight is 495 g/mol. The largest absolute Gasteiger partial charge is 0.478 e. The van der Waals surface area contributed by atoms with E-state index in [2.05, 4.69) is 32.0 Å². The lowest BCUT2D eigenvalue weighted by Gasteiger charge is -2.26. The van der Waals surface area contributed by atoms with Gasteiger partial charge in [0.1, 0.15) is 0 Å². The Hall–Kier alpha value is -2.36. The zero-order valence-electron chi connectivity index (χ0n) is 16.1. The Kier molecular flexibility index (Phi) is 8.49.